The summed E-state index contributed by atoms with van der Waals surface area (Å²) in [5.41, 5.74) is 0.227. The highest BCUT2D eigenvalue weighted by Gasteiger charge is 2.12. The fourth-order valence-electron chi connectivity index (χ4n) is 0.899. The lowest BCUT2D eigenvalue weighted by Crippen LogP contribution is -2.17. The normalized spacial score (nSPS) is 11.2. The van der Waals surface area contributed by atoms with E-state index in [1.165, 1.54) is 6.20 Å². The van der Waals surface area contributed by atoms with Gasteiger partial charge in [-0.05, 0) is 6.42 Å². The number of sulfonamides is 1. The minimum Gasteiger partial charge on any atom is -0.481 e. The Morgan fingerprint density at radius 2 is 2.33 bits per heavy atom. The summed E-state index contributed by atoms with van der Waals surface area (Å²) in [5, 5.41) is 11.6. The lowest BCUT2D eigenvalue weighted by Gasteiger charge is -2.03. The third-order valence-corrected chi connectivity index (χ3v) is 2.88. The fraction of sp³-hybridized carbons (Fsp3) is 0.429. The molecule has 0 amide bonds. The van der Waals surface area contributed by atoms with Crippen LogP contribution in [0.1, 0.15) is 12.8 Å². The van der Waals surface area contributed by atoms with Crippen LogP contribution in [0.15, 0.2) is 17.0 Å². The molecule has 8 heteroatoms. The molecule has 0 spiro atoms. The first-order valence-corrected chi connectivity index (χ1v) is 5.76. The van der Waals surface area contributed by atoms with Crippen molar-refractivity contribution in [2.45, 2.75) is 12.8 Å². The van der Waals surface area contributed by atoms with Gasteiger partial charge in [-0.2, -0.15) is 0 Å². The Balaban J connectivity index is 2.43. The molecule has 0 aliphatic heterocycles. The summed E-state index contributed by atoms with van der Waals surface area (Å²) in [7, 11) is -3.51. The standard InChI is InChI=1S/C7H10N2O5S/c10-7(11)2-1-3-15(12,13)9-6-4-8-14-5-6/h4-5,9H,1-3H2,(H,10,11). The van der Waals surface area contributed by atoms with Gasteiger partial charge in [0.15, 0.2) is 0 Å². The number of hydrogen-bond donors (Lipinski definition) is 2. The van der Waals surface area contributed by atoms with Crippen molar-refractivity contribution in [3.05, 3.63) is 12.5 Å². The Kier molecular flexibility index (Phi) is 3.67. The second-order valence-electron chi connectivity index (χ2n) is 2.83. The largest absolute Gasteiger partial charge is 0.481 e. The van der Waals surface area contributed by atoms with Crippen LogP contribution in [0.2, 0.25) is 0 Å². The quantitative estimate of drug-likeness (QED) is 0.731. The van der Waals surface area contributed by atoms with Crippen LogP contribution in [-0.4, -0.2) is 30.4 Å². The zero-order chi connectivity index (χ0) is 11.3. The molecule has 84 valence electrons. The summed E-state index contributed by atoms with van der Waals surface area (Å²) < 4.78 is 29.2. The zero-order valence-corrected chi connectivity index (χ0v) is 8.53. The van der Waals surface area contributed by atoms with Crippen molar-refractivity contribution in [1.82, 2.24) is 5.16 Å². The maximum atomic E-state index is 11.3. The minimum atomic E-state index is -3.51. The molecular weight excluding hydrogens is 224 g/mol. The highest BCUT2D eigenvalue weighted by Crippen LogP contribution is 2.07. The summed E-state index contributed by atoms with van der Waals surface area (Å²) in [6.45, 7) is 0. The molecule has 0 radical (unpaired) electrons. The number of aliphatic carboxylic acids is 1. The third kappa shape index (κ3) is 4.45. The summed E-state index contributed by atoms with van der Waals surface area (Å²) in [6, 6.07) is 0. The number of anilines is 1. The van der Waals surface area contributed by atoms with Crippen molar-refractivity contribution >= 4 is 21.7 Å². The molecule has 0 atom stereocenters. The van der Waals surface area contributed by atoms with Crippen molar-refractivity contribution in [1.29, 1.82) is 0 Å². The second-order valence-corrected chi connectivity index (χ2v) is 4.67. The number of carboxylic acid groups (broad SMARTS) is 1. The molecule has 7 nitrogen and oxygen atoms in total. The number of aromatic nitrogens is 1. The first-order chi connectivity index (χ1) is 6.99. The monoisotopic (exact) mass is 234 g/mol. The van der Waals surface area contributed by atoms with Gasteiger partial charge in [0, 0.05) is 6.42 Å². The molecule has 1 heterocycles. The molecule has 0 aromatic carbocycles. The Morgan fingerprint density at radius 1 is 1.60 bits per heavy atom. The van der Waals surface area contributed by atoms with Crippen LogP contribution in [-0.2, 0) is 14.8 Å². The van der Waals surface area contributed by atoms with Gasteiger partial charge in [-0.3, -0.25) is 9.52 Å². The minimum absolute atomic E-state index is 0.0654. The van der Waals surface area contributed by atoms with Crippen molar-refractivity contribution in [2.24, 2.45) is 0 Å². The van der Waals surface area contributed by atoms with Gasteiger partial charge in [-0.25, -0.2) is 8.42 Å². The molecule has 15 heavy (non-hydrogen) atoms. The van der Waals surface area contributed by atoms with Crippen LogP contribution >= 0.6 is 0 Å². The number of hydrogen-bond acceptors (Lipinski definition) is 5. The van der Waals surface area contributed by atoms with E-state index in [0.717, 1.165) is 6.26 Å². The van der Waals surface area contributed by atoms with Gasteiger partial charge in [-0.15, -0.1) is 0 Å². The van der Waals surface area contributed by atoms with Crippen molar-refractivity contribution < 1.29 is 22.8 Å². The van der Waals surface area contributed by atoms with Crippen molar-refractivity contribution in [2.75, 3.05) is 10.5 Å². The van der Waals surface area contributed by atoms with Crippen molar-refractivity contribution in [3.63, 3.8) is 0 Å². The average molecular weight is 234 g/mol. The maximum absolute atomic E-state index is 11.3. The zero-order valence-electron chi connectivity index (χ0n) is 7.71. The Bertz CT molecular complexity index is 411. The van der Waals surface area contributed by atoms with E-state index < -0.39 is 16.0 Å². The Labute approximate surface area is 86.1 Å². The van der Waals surface area contributed by atoms with E-state index in [1.807, 2.05) is 0 Å². The summed E-state index contributed by atoms with van der Waals surface area (Å²) >= 11 is 0. The van der Waals surface area contributed by atoms with Crippen LogP contribution < -0.4 is 4.72 Å². The molecule has 0 saturated carbocycles. The topological polar surface area (TPSA) is 110 Å². The van der Waals surface area contributed by atoms with Gasteiger partial charge in [0.1, 0.15) is 12.0 Å². The van der Waals surface area contributed by atoms with Gasteiger partial charge >= 0.3 is 5.97 Å². The number of rotatable bonds is 6. The molecule has 1 aromatic rings. The third-order valence-electron chi connectivity index (χ3n) is 1.51. The average Bonchev–Trinajstić information content (AvgIpc) is 2.54. The molecule has 0 unspecified atom stereocenters. The molecular formula is C7H10N2O5S. The van der Waals surface area contributed by atoms with E-state index >= 15 is 0 Å². The van der Waals surface area contributed by atoms with Gasteiger partial charge in [-0.1, -0.05) is 5.16 Å². The fourth-order valence-corrected chi connectivity index (χ4v) is 1.99. The Hall–Kier alpha value is -1.57. The van der Waals surface area contributed by atoms with Gasteiger partial charge in [0.25, 0.3) is 0 Å². The summed E-state index contributed by atoms with van der Waals surface area (Å²) in [6.07, 6.45) is 2.25. The molecule has 0 bridgehead atoms. The molecule has 1 rings (SSSR count). The van der Waals surface area contributed by atoms with Gasteiger partial charge < -0.3 is 9.63 Å². The highest BCUT2D eigenvalue weighted by atomic mass is 32.2. The molecule has 0 aliphatic carbocycles. The molecule has 2 N–H and O–H groups in total. The molecule has 0 fully saturated rings. The van der Waals surface area contributed by atoms with Crippen LogP contribution in [0.25, 0.3) is 0 Å². The molecule has 0 aliphatic rings. The van der Waals surface area contributed by atoms with Gasteiger partial charge in [0.2, 0.25) is 10.0 Å². The van der Waals surface area contributed by atoms with E-state index in [1.54, 1.807) is 0 Å². The first kappa shape index (κ1) is 11.5. The predicted octanol–water partition coefficient (Wildman–Crippen LogP) is 0.281. The van der Waals surface area contributed by atoms with Crippen LogP contribution in [0.4, 0.5) is 5.69 Å². The van der Waals surface area contributed by atoms with Crippen LogP contribution in [0, 0.1) is 0 Å². The van der Waals surface area contributed by atoms with Gasteiger partial charge in [0.05, 0.1) is 11.9 Å². The van der Waals surface area contributed by atoms with E-state index in [0.29, 0.717) is 0 Å². The summed E-state index contributed by atoms with van der Waals surface area (Å²) in [4.78, 5) is 10.2. The molecule has 0 saturated heterocycles. The maximum Gasteiger partial charge on any atom is 0.303 e. The van der Waals surface area contributed by atoms with E-state index in [-0.39, 0.29) is 24.3 Å². The lowest BCUT2D eigenvalue weighted by atomic mass is 10.3. The smallest absolute Gasteiger partial charge is 0.303 e. The van der Waals surface area contributed by atoms with E-state index in [4.69, 9.17) is 5.11 Å². The second kappa shape index (κ2) is 4.78. The Morgan fingerprint density at radius 3 is 2.87 bits per heavy atom. The summed E-state index contributed by atoms with van der Waals surface area (Å²) in [5.74, 6) is -1.26. The number of nitrogens with one attached hydrogen (secondary N) is 1. The number of nitrogens with zero attached hydrogens (tertiary/aromatic N) is 1. The SMILES string of the molecule is O=C(O)CCCS(=O)(=O)Nc1cnoc1. The van der Waals surface area contributed by atoms with Crippen molar-refractivity contribution in [3.8, 4) is 0 Å². The predicted molar refractivity (Wildman–Crippen MR) is 50.8 cm³/mol. The van der Waals surface area contributed by atoms with E-state index in [9.17, 15) is 13.2 Å². The van der Waals surface area contributed by atoms with E-state index in [2.05, 4.69) is 14.4 Å². The van der Waals surface area contributed by atoms with Crippen LogP contribution in [0.5, 0.6) is 0 Å². The number of carbonyl (C=O) groups is 1. The highest BCUT2D eigenvalue weighted by molar-refractivity contribution is 7.92. The van der Waals surface area contributed by atoms with Crippen LogP contribution in [0.3, 0.4) is 0 Å². The molecule has 1 aromatic heterocycles. The number of carboxylic acids is 1. The first-order valence-electron chi connectivity index (χ1n) is 4.11. The lowest BCUT2D eigenvalue weighted by molar-refractivity contribution is -0.137.